The summed E-state index contributed by atoms with van der Waals surface area (Å²) < 4.78 is 0. The van der Waals surface area contributed by atoms with Gasteiger partial charge in [-0.05, 0) is 52.2 Å². The summed E-state index contributed by atoms with van der Waals surface area (Å²) >= 11 is 0. The largest absolute Gasteiger partial charge is 0.356 e. The maximum atomic E-state index is 4.24. The summed E-state index contributed by atoms with van der Waals surface area (Å²) in [4.78, 5) is 6.50. The van der Waals surface area contributed by atoms with E-state index in [-0.39, 0.29) is 0 Å². The maximum Gasteiger partial charge on any atom is 0.190 e. The highest BCUT2D eigenvalue weighted by Gasteiger charge is 2.20. The van der Waals surface area contributed by atoms with E-state index in [1.54, 1.807) is 0 Å². The van der Waals surface area contributed by atoms with Crippen LogP contribution in [0.15, 0.2) is 4.99 Å². The highest BCUT2D eigenvalue weighted by molar-refractivity contribution is 5.79. The van der Waals surface area contributed by atoms with Gasteiger partial charge in [-0.15, -0.1) is 0 Å². The van der Waals surface area contributed by atoms with E-state index in [1.165, 1.54) is 51.5 Å². The van der Waals surface area contributed by atoms with Gasteiger partial charge in [0, 0.05) is 20.1 Å². The molecule has 0 aromatic carbocycles. The predicted molar refractivity (Wildman–Crippen MR) is 83.7 cm³/mol. The van der Waals surface area contributed by atoms with Gasteiger partial charge in [0.2, 0.25) is 0 Å². The molecule has 0 amide bonds. The number of nitrogens with one attached hydrogen (secondary N) is 2. The maximum absolute atomic E-state index is 4.24. The minimum Gasteiger partial charge on any atom is -0.356 e. The van der Waals surface area contributed by atoms with Crippen LogP contribution in [0.3, 0.4) is 0 Å². The molecule has 1 aliphatic rings. The number of guanidine groups is 1. The monoisotopic (exact) mass is 268 g/mol. The van der Waals surface area contributed by atoms with Crippen LogP contribution in [0.5, 0.6) is 0 Å². The third kappa shape index (κ3) is 9.77. The zero-order chi connectivity index (χ0) is 13.9. The summed E-state index contributed by atoms with van der Waals surface area (Å²) in [6, 6.07) is 0. The molecule has 4 nitrogen and oxygen atoms in total. The first-order chi connectivity index (χ1) is 9.22. The van der Waals surface area contributed by atoms with Crippen molar-refractivity contribution in [3.8, 4) is 0 Å². The molecule has 0 saturated heterocycles. The van der Waals surface area contributed by atoms with Crippen LogP contribution in [0.4, 0.5) is 0 Å². The second kappa shape index (κ2) is 10.1. The van der Waals surface area contributed by atoms with Crippen molar-refractivity contribution >= 4 is 5.96 Å². The van der Waals surface area contributed by atoms with E-state index in [2.05, 4.69) is 34.6 Å². The van der Waals surface area contributed by atoms with Gasteiger partial charge in [-0.25, -0.2) is 0 Å². The zero-order valence-electron chi connectivity index (χ0n) is 13.0. The van der Waals surface area contributed by atoms with Crippen molar-refractivity contribution in [1.82, 2.24) is 15.5 Å². The highest BCUT2D eigenvalue weighted by atomic mass is 15.2. The van der Waals surface area contributed by atoms with Gasteiger partial charge < -0.3 is 15.5 Å². The molecule has 0 radical (unpaired) electrons. The molecule has 0 atom stereocenters. The van der Waals surface area contributed by atoms with Crippen LogP contribution < -0.4 is 10.6 Å². The molecule has 0 bridgehead atoms. The molecule has 0 aliphatic heterocycles. The van der Waals surface area contributed by atoms with Gasteiger partial charge in [-0.3, -0.25) is 4.99 Å². The summed E-state index contributed by atoms with van der Waals surface area (Å²) in [5, 5.41) is 6.78. The molecule has 1 aliphatic carbocycles. The van der Waals surface area contributed by atoms with Crippen LogP contribution in [0.1, 0.15) is 44.9 Å². The van der Waals surface area contributed by atoms with E-state index < -0.39 is 0 Å². The van der Waals surface area contributed by atoms with E-state index in [1.807, 2.05) is 7.05 Å². The molecule has 0 aromatic rings. The molecular weight excluding hydrogens is 236 g/mol. The summed E-state index contributed by atoms with van der Waals surface area (Å²) in [5.74, 6) is 1.87. The fraction of sp³-hybridized carbons (Fsp3) is 0.933. The Kier molecular flexibility index (Phi) is 8.63. The van der Waals surface area contributed by atoms with Crippen LogP contribution in [0.25, 0.3) is 0 Å². The number of aliphatic imine (C=N–C) groups is 1. The fourth-order valence-electron chi connectivity index (χ4n) is 2.07. The van der Waals surface area contributed by atoms with Crippen molar-refractivity contribution in [1.29, 1.82) is 0 Å². The van der Waals surface area contributed by atoms with Crippen molar-refractivity contribution in [2.75, 3.05) is 40.8 Å². The molecule has 0 spiro atoms. The molecular formula is C15H32N4. The lowest BCUT2D eigenvalue weighted by Crippen LogP contribution is -2.38. The van der Waals surface area contributed by atoms with Gasteiger partial charge in [0.15, 0.2) is 5.96 Å². The van der Waals surface area contributed by atoms with E-state index in [0.717, 1.165) is 25.0 Å². The first-order valence-corrected chi connectivity index (χ1v) is 7.81. The van der Waals surface area contributed by atoms with E-state index >= 15 is 0 Å². The SMILES string of the molecule is CN=C(NCCCCCCCN(C)C)NCC1CC1. The van der Waals surface area contributed by atoms with Crippen LogP contribution in [0, 0.1) is 5.92 Å². The Morgan fingerprint density at radius 3 is 2.37 bits per heavy atom. The number of nitrogens with zero attached hydrogens (tertiary/aromatic N) is 2. The fourth-order valence-corrected chi connectivity index (χ4v) is 2.07. The molecule has 0 aromatic heterocycles. The van der Waals surface area contributed by atoms with Crippen molar-refractivity contribution in [3.05, 3.63) is 0 Å². The van der Waals surface area contributed by atoms with Gasteiger partial charge in [0.05, 0.1) is 0 Å². The lowest BCUT2D eigenvalue weighted by atomic mass is 10.1. The lowest BCUT2D eigenvalue weighted by molar-refractivity contribution is 0.389. The van der Waals surface area contributed by atoms with E-state index in [0.29, 0.717) is 0 Å². The highest BCUT2D eigenvalue weighted by Crippen LogP contribution is 2.27. The average Bonchev–Trinajstić information content (AvgIpc) is 3.19. The summed E-state index contributed by atoms with van der Waals surface area (Å²) in [6.45, 7) is 3.35. The van der Waals surface area contributed by atoms with E-state index in [9.17, 15) is 0 Å². The topological polar surface area (TPSA) is 39.7 Å². The second-order valence-corrected chi connectivity index (χ2v) is 5.89. The van der Waals surface area contributed by atoms with Crippen molar-refractivity contribution in [2.45, 2.75) is 44.9 Å². The minimum atomic E-state index is 0.898. The predicted octanol–water partition coefficient (Wildman–Crippen LogP) is 2.07. The average molecular weight is 268 g/mol. The lowest BCUT2D eigenvalue weighted by Gasteiger charge is -2.11. The Hall–Kier alpha value is -0.770. The van der Waals surface area contributed by atoms with Gasteiger partial charge in [-0.2, -0.15) is 0 Å². The molecule has 0 unspecified atom stereocenters. The number of hydrogen-bond acceptors (Lipinski definition) is 2. The molecule has 1 saturated carbocycles. The molecule has 1 fully saturated rings. The molecule has 4 heteroatoms. The van der Waals surface area contributed by atoms with Gasteiger partial charge in [0.1, 0.15) is 0 Å². The Balaban J connectivity index is 1.85. The van der Waals surface area contributed by atoms with Crippen molar-refractivity contribution in [2.24, 2.45) is 10.9 Å². The Bertz CT molecular complexity index is 247. The normalized spacial score (nSPS) is 15.9. The summed E-state index contributed by atoms with van der Waals surface area (Å²) in [5.41, 5.74) is 0. The van der Waals surface area contributed by atoms with E-state index in [4.69, 9.17) is 0 Å². The quantitative estimate of drug-likeness (QED) is 0.362. The number of unbranched alkanes of at least 4 members (excludes halogenated alkanes) is 4. The Morgan fingerprint density at radius 1 is 1.05 bits per heavy atom. The van der Waals surface area contributed by atoms with Crippen LogP contribution >= 0.6 is 0 Å². The van der Waals surface area contributed by atoms with Crippen molar-refractivity contribution in [3.63, 3.8) is 0 Å². The van der Waals surface area contributed by atoms with Crippen LogP contribution in [0.2, 0.25) is 0 Å². The second-order valence-electron chi connectivity index (χ2n) is 5.89. The summed E-state index contributed by atoms with van der Waals surface area (Å²) in [6.07, 6.45) is 9.36. The van der Waals surface area contributed by atoms with Crippen molar-refractivity contribution < 1.29 is 0 Å². The van der Waals surface area contributed by atoms with Gasteiger partial charge in [-0.1, -0.05) is 19.3 Å². The Morgan fingerprint density at radius 2 is 1.74 bits per heavy atom. The minimum absolute atomic E-state index is 0.898. The van der Waals surface area contributed by atoms with Crippen LogP contribution in [-0.2, 0) is 0 Å². The molecule has 19 heavy (non-hydrogen) atoms. The summed E-state index contributed by atoms with van der Waals surface area (Å²) in [7, 11) is 6.14. The molecule has 1 rings (SSSR count). The molecule has 112 valence electrons. The Labute approximate surface area is 119 Å². The molecule has 2 N–H and O–H groups in total. The standard InChI is InChI=1S/C15H32N4/c1-16-15(18-13-14-9-10-14)17-11-7-5-4-6-8-12-19(2)3/h14H,4-13H2,1-3H3,(H2,16,17,18). The zero-order valence-corrected chi connectivity index (χ0v) is 13.0. The molecule has 0 heterocycles. The smallest absolute Gasteiger partial charge is 0.190 e. The van der Waals surface area contributed by atoms with Gasteiger partial charge in [0.25, 0.3) is 0 Å². The number of rotatable bonds is 10. The third-order valence-corrected chi connectivity index (χ3v) is 3.55. The number of hydrogen-bond donors (Lipinski definition) is 2. The van der Waals surface area contributed by atoms with Gasteiger partial charge >= 0.3 is 0 Å². The first-order valence-electron chi connectivity index (χ1n) is 7.81. The first kappa shape index (κ1) is 16.3. The third-order valence-electron chi connectivity index (χ3n) is 3.55. The van der Waals surface area contributed by atoms with Crippen LogP contribution in [-0.4, -0.2) is 51.6 Å².